The summed E-state index contributed by atoms with van der Waals surface area (Å²) in [5.41, 5.74) is 3.06. The Morgan fingerprint density at radius 3 is 2.38 bits per heavy atom. The molecule has 0 aliphatic carbocycles. The Hall–Kier alpha value is -3.71. The van der Waals surface area contributed by atoms with Gasteiger partial charge in [-0.2, -0.15) is 5.10 Å². The van der Waals surface area contributed by atoms with Crippen LogP contribution in [0.25, 0.3) is 0 Å². The second-order valence-corrected chi connectivity index (χ2v) is 9.42. The third kappa shape index (κ3) is 5.31. The zero-order valence-corrected chi connectivity index (χ0v) is 18.2. The number of hydrogen-bond donors (Lipinski definition) is 1. The van der Waals surface area contributed by atoms with Crippen LogP contribution >= 0.6 is 0 Å². The number of nitrogens with zero attached hydrogens (tertiary/aromatic N) is 2. The van der Waals surface area contributed by atoms with Crippen LogP contribution in [0.2, 0.25) is 0 Å². The molecule has 0 saturated heterocycles. The molecule has 0 saturated carbocycles. The van der Waals surface area contributed by atoms with Crippen LogP contribution in [0.1, 0.15) is 27.0 Å². The molecule has 4 rings (SSSR count). The minimum Gasteiger partial charge on any atom is -0.348 e. The lowest BCUT2D eigenvalue weighted by molar-refractivity contribution is 0.0950. The van der Waals surface area contributed by atoms with E-state index in [0.717, 1.165) is 11.1 Å². The van der Waals surface area contributed by atoms with E-state index in [1.807, 2.05) is 41.2 Å². The molecule has 1 heterocycles. The summed E-state index contributed by atoms with van der Waals surface area (Å²) in [6, 6.07) is 24.8. The summed E-state index contributed by atoms with van der Waals surface area (Å²) >= 11 is 0. The number of hydrogen-bond acceptors (Lipinski definition) is 4. The smallest absolute Gasteiger partial charge is 0.251 e. The van der Waals surface area contributed by atoms with Crippen LogP contribution < -0.4 is 5.32 Å². The number of rotatable bonds is 8. The fourth-order valence-corrected chi connectivity index (χ4v) is 4.82. The molecule has 0 bridgehead atoms. The quantitative estimate of drug-likeness (QED) is 0.447. The molecule has 1 amide bonds. The first-order valence-electron chi connectivity index (χ1n) is 10.2. The molecule has 162 valence electrons. The van der Waals surface area contributed by atoms with Gasteiger partial charge in [-0.1, -0.05) is 54.6 Å². The number of benzene rings is 3. The number of sulfone groups is 1. The summed E-state index contributed by atoms with van der Waals surface area (Å²) in [5.74, 6) is -0.414. The van der Waals surface area contributed by atoms with Gasteiger partial charge in [-0.15, -0.1) is 0 Å². The summed E-state index contributed by atoms with van der Waals surface area (Å²) in [5, 5.41) is 7.18. The van der Waals surface area contributed by atoms with Crippen LogP contribution in [0, 0.1) is 0 Å². The lowest BCUT2D eigenvalue weighted by Gasteiger charge is -2.12. The average molecular weight is 446 g/mol. The van der Waals surface area contributed by atoms with Gasteiger partial charge in [0.05, 0.1) is 17.2 Å². The van der Waals surface area contributed by atoms with E-state index in [0.29, 0.717) is 24.2 Å². The molecule has 1 N–H and O–H groups in total. The van der Waals surface area contributed by atoms with Gasteiger partial charge in [-0.3, -0.25) is 9.48 Å². The molecule has 0 radical (unpaired) electrons. The van der Waals surface area contributed by atoms with E-state index in [2.05, 4.69) is 10.4 Å². The monoisotopic (exact) mass is 445 g/mol. The first-order chi connectivity index (χ1) is 15.5. The number of aromatic nitrogens is 2. The lowest BCUT2D eigenvalue weighted by atomic mass is 10.1. The largest absolute Gasteiger partial charge is 0.348 e. The molecule has 0 aliphatic heterocycles. The van der Waals surface area contributed by atoms with Crippen LogP contribution in [0.15, 0.2) is 102 Å². The van der Waals surface area contributed by atoms with Gasteiger partial charge < -0.3 is 5.32 Å². The Morgan fingerprint density at radius 2 is 1.62 bits per heavy atom. The normalized spacial score (nSPS) is 11.2. The van der Waals surface area contributed by atoms with Crippen molar-refractivity contribution in [2.24, 2.45) is 0 Å². The topological polar surface area (TPSA) is 81.1 Å². The van der Waals surface area contributed by atoms with Crippen molar-refractivity contribution in [3.8, 4) is 0 Å². The van der Waals surface area contributed by atoms with E-state index in [4.69, 9.17) is 0 Å². The second-order valence-electron chi connectivity index (χ2n) is 7.43. The number of amides is 1. The van der Waals surface area contributed by atoms with Crippen molar-refractivity contribution < 1.29 is 13.2 Å². The van der Waals surface area contributed by atoms with Gasteiger partial charge in [-0.05, 0) is 47.0 Å². The maximum atomic E-state index is 12.8. The van der Waals surface area contributed by atoms with Crippen LogP contribution in [0.5, 0.6) is 0 Å². The Kier molecular flexibility index (Phi) is 6.47. The molecule has 0 unspecified atom stereocenters. The van der Waals surface area contributed by atoms with Gasteiger partial charge in [-0.25, -0.2) is 8.42 Å². The molecule has 6 nitrogen and oxygen atoms in total. The van der Waals surface area contributed by atoms with E-state index in [1.54, 1.807) is 60.8 Å². The van der Waals surface area contributed by atoms with Crippen molar-refractivity contribution in [3.05, 3.63) is 120 Å². The van der Waals surface area contributed by atoms with E-state index < -0.39 is 9.84 Å². The first-order valence-corrected chi connectivity index (χ1v) is 11.9. The van der Waals surface area contributed by atoms with Crippen LogP contribution in [0.3, 0.4) is 0 Å². The van der Waals surface area contributed by atoms with Gasteiger partial charge in [0.15, 0.2) is 9.84 Å². The minimum atomic E-state index is -3.48. The van der Waals surface area contributed by atoms with Crippen molar-refractivity contribution in [2.75, 3.05) is 0 Å². The van der Waals surface area contributed by atoms with E-state index in [1.165, 1.54) is 0 Å². The van der Waals surface area contributed by atoms with Gasteiger partial charge in [0, 0.05) is 24.5 Å². The van der Waals surface area contributed by atoms with Gasteiger partial charge in [0.2, 0.25) is 0 Å². The first kappa shape index (κ1) is 21.5. The molecule has 32 heavy (non-hydrogen) atoms. The van der Waals surface area contributed by atoms with Gasteiger partial charge in [0.1, 0.15) is 0 Å². The zero-order chi connectivity index (χ0) is 22.4. The van der Waals surface area contributed by atoms with Gasteiger partial charge in [0.25, 0.3) is 5.91 Å². The molecule has 0 aliphatic rings. The number of nitrogens with one attached hydrogen (secondary N) is 1. The minimum absolute atomic E-state index is 0.162. The summed E-state index contributed by atoms with van der Waals surface area (Å²) in [7, 11) is -3.48. The summed E-state index contributed by atoms with van der Waals surface area (Å²) < 4.78 is 27.1. The molecule has 0 fully saturated rings. The Bertz CT molecular complexity index is 1300. The van der Waals surface area contributed by atoms with Crippen molar-refractivity contribution >= 4 is 15.7 Å². The molecule has 0 spiro atoms. The second kappa shape index (κ2) is 9.62. The van der Waals surface area contributed by atoms with Crippen LogP contribution in [-0.2, 0) is 28.7 Å². The standard InChI is InChI=1S/C25H23N3O3S/c29-25(26-17-22-9-4-5-10-23(22)18-28-15-7-14-27-28)21-11-6-8-20(16-21)19-32(30,31)24-12-2-1-3-13-24/h1-16H,17-19H2,(H,26,29). The van der Waals surface area contributed by atoms with Crippen molar-refractivity contribution in [2.45, 2.75) is 23.7 Å². The Labute approximate surface area is 187 Å². The highest BCUT2D eigenvalue weighted by Gasteiger charge is 2.16. The molecule has 0 atom stereocenters. The van der Waals surface area contributed by atoms with Crippen molar-refractivity contribution in [3.63, 3.8) is 0 Å². The highest BCUT2D eigenvalue weighted by molar-refractivity contribution is 7.90. The number of carbonyl (C=O) groups excluding carboxylic acids is 1. The van der Waals surface area contributed by atoms with Crippen molar-refractivity contribution in [1.29, 1.82) is 0 Å². The average Bonchev–Trinajstić information content (AvgIpc) is 3.32. The summed E-state index contributed by atoms with van der Waals surface area (Å²) in [4.78, 5) is 13.0. The molecule has 1 aromatic heterocycles. The lowest BCUT2D eigenvalue weighted by Crippen LogP contribution is -2.24. The Balaban J connectivity index is 1.44. The van der Waals surface area contributed by atoms with Crippen molar-refractivity contribution in [1.82, 2.24) is 15.1 Å². The predicted molar refractivity (Wildman–Crippen MR) is 123 cm³/mol. The maximum absolute atomic E-state index is 12.8. The third-order valence-electron chi connectivity index (χ3n) is 5.10. The van der Waals surface area contributed by atoms with Crippen LogP contribution in [0.4, 0.5) is 0 Å². The van der Waals surface area contributed by atoms with E-state index >= 15 is 0 Å². The molecule has 4 aromatic rings. The molecule has 7 heteroatoms. The number of carbonyl (C=O) groups is 1. The highest BCUT2D eigenvalue weighted by atomic mass is 32.2. The fourth-order valence-electron chi connectivity index (χ4n) is 3.46. The maximum Gasteiger partial charge on any atom is 0.251 e. The summed E-state index contributed by atoms with van der Waals surface area (Å²) in [6.07, 6.45) is 3.62. The van der Waals surface area contributed by atoms with E-state index in [9.17, 15) is 13.2 Å². The molecular weight excluding hydrogens is 422 g/mol. The third-order valence-corrected chi connectivity index (χ3v) is 6.80. The zero-order valence-electron chi connectivity index (χ0n) is 17.4. The predicted octanol–water partition coefficient (Wildman–Crippen LogP) is 3.84. The molecule has 3 aromatic carbocycles. The van der Waals surface area contributed by atoms with E-state index in [-0.39, 0.29) is 16.6 Å². The summed E-state index contributed by atoms with van der Waals surface area (Å²) in [6.45, 7) is 0.981. The SMILES string of the molecule is O=C(NCc1ccccc1Cn1cccn1)c1cccc(CS(=O)(=O)c2ccccc2)c1. The fraction of sp³-hybridized carbons (Fsp3) is 0.120. The Morgan fingerprint density at radius 1 is 0.875 bits per heavy atom. The van der Waals surface area contributed by atoms with Gasteiger partial charge >= 0.3 is 0 Å². The molecular formula is C25H23N3O3S. The highest BCUT2D eigenvalue weighted by Crippen LogP contribution is 2.17. The van der Waals surface area contributed by atoms with Crippen LogP contribution in [-0.4, -0.2) is 24.1 Å².